The molecule has 1 unspecified atom stereocenters. The van der Waals surface area contributed by atoms with E-state index in [1.54, 1.807) is 17.7 Å². The van der Waals surface area contributed by atoms with Gasteiger partial charge in [-0.05, 0) is 60.8 Å². The summed E-state index contributed by atoms with van der Waals surface area (Å²) in [6.45, 7) is 2.26. The molecule has 2 saturated heterocycles. The van der Waals surface area contributed by atoms with Crippen molar-refractivity contribution in [3.8, 4) is 0 Å². The molecule has 2 N–H and O–H groups in total. The van der Waals surface area contributed by atoms with Crippen LogP contribution >= 0.6 is 23.6 Å². The van der Waals surface area contributed by atoms with Crippen molar-refractivity contribution in [2.24, 2.45) is 4.99 Å². The molecule has 34 heavy (non-hydrogen) atoms. The Morgan fingerprint density at radius 3 is 2.97 bits per heavy atom. The third-order valence-corrected chi connectivity index (χ3v) is 7.88. The first-order chi connectivity index (χ1) is 16.7. The van der Waals surface area contributed by atoms with Crippen LogP contribution in [0.2, 0.25) is 0 Å². The van der Waals surface area contributed by atoms with Crippen molar-refractivity contribution in [2.75, 3.05) is 24.5 Å². The van der Waals surface area contributed by atoms with Crippen LogP contribution in [-0.2, 0) is 4.79 Å². The zero-order valence-corrected chi connectivity index (χ0v) is 20.2. The van der Waals surface area contributed by atoms with Crippen LogP contribution < -0.4 is 10.2 Å². The molecule has 2 aliphatic rings. The molecule has 2 aliphatic heterocycles. The summed E-state index contributed by atoms with van der Waals surface area (Å²) in [5.74, 6) is 1.11. The van der Waals surface area contributed by atoms with Crippen LogP contribution in [0.25, 0.3) is 21.1 Å². The number of aromatic amines is 1. The van der Waals surface area contributed by atoms with E-state index in [9.17, 15) is 4.79 Å². The van der Waals surface area contributed by atoms with E-state index in [0.717, 1.165) is 48.5 Å². The quantitative estimate of drug-likeness (QED) is 0.306. The van der Waals surface area contributed by atoms with E-state index in [1.807, 2.05) is 11.0 Å². The molecule has 0 spiro atoms. The molecule has 2 fully saturated rings. The van der Waals surface area contributed by atoms with Crippen molar-refractivity contribution in [2.45, 2.75) is 25.3 Å². The Hall–Kier alpha value is -3.30. The SMILES string of the molecule is O=C1CCCN1CCC/N=C1\NC(=S)N(c2ccc3[nH]cnc3c2)C1c1cc2ccccc2s1. The maximum Gasteiger partial charge on any atom is 0.222 e. The summed E-state index contributed by atoms with van der Waals surface area (Å²) >= 11 is 7.57. The van der Waals surface area contributed by atoms with E-state index in [2.05, 4.69) is 62.6 Å². The van der Waals surface area contributed by atoms with Gasteiger partial charge in [0.15, 0.2) is 5.11 Å². The predicted molar refractivity (Wildman–Crippen MR) is 142 cm³/mol. The second kappa shape index (κ2) is 8.81. The zero-order valence-electron chi connectivity index (χ0n) is 18.5. The van der Waals surface area contributed by atoms with Gasteiger partial charge in [-0.2, -0.15) is 0 Å². The minimum Gasteiger partial charge on any atom is -0.345 e. The molecule has 4 aromatic rings. The molecule has 6 rings (SSSR count). The monoisotopic (exact) mass is 488 g/mol. The number of H-pyrrole nitrogens is 1. The Balaban J connectivity index is 1.33. The van der Waals surface area contributed by atoms with E-state index in [0.29, 0.717) is 18.1 Å². The van der Waals surface area contributed by atoms with Gasteiger partial charge in [0.25, 0.3) is 0 Å². The number of imidazole rings is 1. The lowest BCUT2D eigenvalue weighted by Gasteiger charge is -2.24. The molecule has 4 heterocycles. The van der Waals surface area contributed by atoms with E-state index >= 15 is 0 Å². The lowest BCUT2D eigenvalue weighted by molar-refractivity contribution is -0.127. The van der Waals surface area contributed by atoms with Crippen LogP contribution in [0, 0.1) is 0 Å². The normalized spacial score (nSPS) is 19.8. The number of anilines is 1. The Kier molecular flexibility index (Phi) is 5.50. The summed E-state index contributed by atoms with van der Waals surface area (Å²) in [5, 5.41) is 5.23. The van der Waals surface area contributed by atoms with Crippen molar-refractivity contribution < 1.29 is 4.79 Å². The number of aromatic nitrogens is 2. The largest absolute Gasteiger partial charge is 0.345 e. The molecule has 0 aliphatic carbocycles. The van der Waals surface area contributed by atoms with Crippen LogP contribution in [-0.4, -0.2) is 51.4 Å². The molecule has 1 amide bonds. The number of thiocarbonyl (C=S) groups is 1. The Morgan fingerprint density at radius 2 is 2.12 bits per heavy atom. The Morgan fingerprint density at radius 1 is 1.21 bits per heavy atom. The highest BCUT2D eigenvalue weighted by atomic mass is 32.1. The fourth-order valence-corrected chi connectivity index (χ4v) is 6.22. The van der Waals surface area contributed by atoms with E-state index in [1.165, 1.54) is 15.0 Å². The highest BCUT2D eigenvalue weighted by Crippen LogP contribution is 2.38. The second-order valence-corrected chi connectivity index (χ2v) is 10.1. The average molecular weight is 489 g/mol. The summed E-state index contributed by atoms with van der Waals surface area (Å²) in [5.41, 5.74) is 2.87. The van der Waals surface area contributed by atoms with Gasteiger partial charge in [0.1, 0.15) is 11.9 Å². The van der Waals surface area contributed by atoms with Crippen molar-refractivity contribution in [1.82, 2.24) is 20.2 Å². The summed E-state index contributed by atoms with van der Waals surface area (Å²) in [4.78, 5) is 29.7. The minimum atomic E-state index is -0.130. The van der Waals surface area contributed by atoms with Gasteiger partial charge < -0.3 is 20.1 Å². The number of carbonyl (C=O) groups excluding carboxylic acids is 1. The summed E-state index contributed by atoms with van der Waals surface area (Å²) in [7, 11) is 0. The van der Waals surface area contributed by atoms with Gasteiger partial charge in [0.05, 0.1) is 17.4 Å². The number of thiophene rings is 1. The van der Waals surface area contributed by atoms with E-state index in [-0.39, 0.29) is 11.9 Å². The number of amidine groups is 1. The van der Waals surface area contributed by atoms with E-state index < -0.39 is 0 Å². The molecule has 2 aromatic heterocycles. The predicted octanol–water partition coefficient (Wildman–Crippen LogP) is 4.62. The first kappa shape index (κ1) is 21.2. The molecule has 172 valence electrons. The smallest absolute Gasteiger partial charge is 0.222 e. The topological polar surface area (TPSA) is 76.6 Å². The minimum absolute atomic E-state index is 0.130. The number of hydrogen-bond acceptors (Lipinski definition) is 5. The number of hydrogen-bond donors (Lipinski definition) is 2. The number of benzene rings is 2. The molecule has 7 nitrogen and oxygen atoms in total. The van der Waals surface area contributed by atoms with Gasteiger partial charge >= 0.3 is 0 Å². The standard InChI is InChI=1S/C25H24N6OS2/c32-22-7-3-11-30(22)12-4-10-26-24-23(21-13-16-5-1-2-6-20(16)34-21)31(25(33)29-24)17-8-9-18-19(14-17)28-15-27-18/h1-2,5-6,8-9,13-15,23H,3-4,7,10-12H2,(H,27,28)(H,26,29,33). The van der Waals surface area contributed by atoms with Gasteiger partial charge in [-0.1, -0.05) is 18.2 Å². The fraction of sp³-hybridized carbons (Fsp3) is 0.280. The summed E-state index contributed by atoms with van der Waals surface area (Å²) < 4.78 is 1.24. The highest BCUT2D eigenvalue weighted by Gasteiger charge is 2.37. The molecule has 0 saturated carbocycles. The molecule has 2 aromatic carbocycles. The molecular weight excluding hydrogens is 464 g/mol. The van der Waals surface area contributed by atoms with Gasteiger partial charge in [0.2, 0.25) is 5.91 Å². The number of fused-ring (bicyclic) bond motifs is 2. The third kappa shape index (κ3) is 3.84. The molecule has 9 heteroatoms. The fourth-order valence-electron chi connectivity index (χ4n) is 4.74. The average Bonchev–Trinajstić information content (AvgIpc) is 3.62. The molecule has 0 radical (unpaired) electrons. The molecule has 0 bridgehead atoms. The van der Waals surface area contributed by atoms with Crippen molar-refractivity contribution >= 4 is 67.2 Å². The number of aliphatic imine (C=N–C) groups is 1. The summed E-state index contributed by atoms with van der Waals surface area (Å²) in [6, 6.07) is 16.7. The Labute approximate surface area is 206 Å². The lowest BCUT2D eigenvalue weighted by Crippen LogP contribution is -2.29. The first-order valence-electron chi connectivity index (χ1n) is 11.5. The second-order valence-electron chi connectivity index (χ2n) is 8.60. The van der Waals surface area contributed by atoms with Crippen LogP contribution in [0.4, 0.5) is 5.69 Å². The number of likely N-dealkylation sites (tertiary alicyclic amines) is 1. The van der Waals surface area contributed by atoms with Gasteiger partial charge in [-0.3, -0.25) is 9.79 Å². The van der Waals surface area contributed by atoms with Crippen molar-refractivity contribution in [1.29, 1.82) is 0 Å². The third-order valence-electron chi connectivity index (χ3n) is 6.41. The lowest BCUT2D eigenvalue weighted by atomic mass is 10.1. The number of carbonyl (C=O) groups is 1. The zero-order chi connectivity index (χ0) is 23.1. The molecule has 1 atom stereocenters. The van der Waals surface area contributed by atoms with Crippen LogP contribution in [0.3, 0.4) is 0 Å². The van der Waals surface area contributed by atoms with Gasteiger partial charge in [0, 0.05) is 41.3 Å². The number of amides is 1. The van der Waals surface area contributed by atoms with Crippen molar-refractivity contribution in [3.63, 3.8) is 0 Å². The Bertz CT molecular complexity index is 1390. The van der Waals surface area contributed by atoms with Crippen LogP contribution in [0.1, 0.15) is 30.2 Å². The first-order valence-corrected chi connectivity index (χ1v) is 12.7. The molecular formula is C25H24N6OS2. The number of rotatable bonds is 6. The summed E-state index contributed by atoms with van der Waals surface area (Å²) in [6.07, 6.45) is 4.18. The van der Waals surface area contributed by atoms with Crippen LogP contribution in [0.5, 0.6) is 0 Å². The number of nitrogens with one attached hydrogen (secondary N) is 2. The van der Waals surface area contributed by atoms with Crippen molar-refractivity contribution in [3.05, 3.63) is 59.7 Å². The maximum absolute atomic E-state index is 11.9. The van der Waals surface area contributed by atoms with Crippen LogP contribution in [0.15, 0.2) is 59.9 Å². The highest BCUT2D eigenvalue weighted by molar-refractivity contribution is 7.80. The van der Waals surface area contributed by atoms with E-state index in [4.69, 9.17) is 17.2 Å². The van der Waals surface area contributed by atoms with Gasteiger partial charge in [-0.15, -0.1) is 11.3 Å². The van der Waals surface area contributed by atoms with Gasteiger partial charge in [-0.25, -0.2) is 4.98 Å². The number of nitrogens with zero attached hydrogens (tertiary/aromatic N) is 4. The maximum atomic E-state index is 11.9.